The zero-order valence-electron chi connectivity index (χ0n) is 6.05. The fourth-order valence-electron chi connectivity index (χ4n) is 0.780. The number of rotatable bonds is 2. The van der Waals surface area contributed by atoms with Gasteiger partial charge in [0.1, 0.15) is 0 Å². The lowest BCUT2D eigenvalue weighted by atomic mass is 10.2. The predicted octanol–water partition coefficient (Wildman–Crippen LogP) is 2.89. The first kappa shape index (κ1) is 12.0. The summed E-state index contributed by atoms with van der Waals surface area (Å²) in [7, 11) is 0. The second-order valence-corrected chi connectivity index (χ2v) is 2.85. The minimum Gasteiger partial charge on any atom is -0.316 e. The Kier molecular flexibility index (Phi) is 5.63. The van der Waals surface area contributed by atoms with E-state index in [9.17, 15) is 0 Å². The Morgan fingerprint density at radius 3 is 2.17 bits per heavy atom. The zero-order valence-corrected chi connectivity index (χ0v) is 8.38. The van der Waals surface area contributed by atoms with E-state index in [0.29, 0.717) is 15.6 Å². The molecule has 0 aliphatic rings. The first-order valence-corrected chi connectivity index (χ1v) is 3.81. The van der Waals surface area contributed by atoms with E-state index in [4.69, 9.17) is 28.4 Å². The van der Waals surface area contributed by atoms with Crippen molar-refractivity contribution < 1.29 is 5.21 Å². The molecule has 5 heteroatoms. The van der Waals surface area contributed by atoms with Gasteiger partial charge in [0.05, 0.1) is 0 Å². The number of halogens is 3. The summed E-state index contributed by atoms with van der Waals surface area (Å²) in [5.74, 6) is 0. The maximum Gasteiger partial charge on any atom is 0.0487 e. The van der Waals surface area contributed by atoms with Crippen LogP contribution < -0.4 is 5.48 Å². The molecule has 1 rings (SSSR count). The van der Waals surface area contributed by atoms with Crippen LogP contribution in [0.25, 0.3) is 0 Å². The summed E-state index contributed by atoms with van der Waals surface area (Å²) in [5.41, 5.74) is 2.70. The van der Waals surface area contributed by atoms with Gasteiger partial charge in [-0.3, -0.25) is 0 Å². The lowest BCUT2D eigenvalue weighted by molar-refractivity contribution is 0.161. The smallest absolute Gasteiger partial charge is 0.0487 e. The number of hydrogen-bond donors (Lipinski definition) is 2. The largest absolute Gasteiger partial charge is 0.316 e. The van der Waals surface area contributed by atoms with Gasteiger partial charge in [0, 0.05) is 22.2 Å². The topological polar surface area (TPSA) is 32.3 Å². The summed E-state index contributed by atoms with van der Waals surface area (Å²) < 4.78 is 0. The molecule has 0 aliphatic carbocycles. The molecule has 0 aromatic heterocycles. The Bertz CT molecular complexity index is 234. The average Bonchev–Trinajstić information content (AvgIpc) is 1.97. The number of nitrogens with one attached hydrogen (secondary N) is 1. The van der Waals surface area contributed by atoms with Crippen molar-refractivity contribution in [1.29, 1.82) is 0 Å². The van der Waals surface area contributed by atoms with Crippen LogP contribution in [-0.2, 0) is 6.54 Å². The molecular formula is C7H8Cl3NO. The van der Waals surface area contributed by atoms with Crippen molar-refractivity contribution in [2.24, 2.45) is 0 Å². The second kappa shape index (κ2) is 5.62. The lowest BCUT2D eigenvalue weighted by Gasteiger charge is -2.03. The SMILES string of the molecule is Cl.ONCc1c(Cl)cccc1Cl. The molecule has 68 valence electrons. The van der Waals surface area contributed by atoms with Crippen molar-refractivity contribution in [3.05, 3.63) is 33.8 Å². The maximum atomic E-state index is 8.40. The van der Waals surface area contributed by atoms with Crippen molar-refractivity contribution in [1.82, 2.24) is 5.48 Å². The van der Waals surface area contributed by atoms with Gasteiger partial charge in [-0.2, -0.15) is 0 Å². The molecule has 0 saturated carbocycles. The van der Waals surface area contributed by atoms with Crippen molar-refractivity contribution in [3.63, 3.8) is 0 Å². The third kappa shape index (κ3) is 2.81. The minimum absolute atomic E-state index is 0. The van der Waals surface area contributed by atoms with E-state index in [1.807, 2.05) is 5.48 Å². The third-order valence-corrected chi connectivity index (χ3v) is 2.03. The van der Waals surface area contributed by atoms with E-state index in [-0.39, 0.29) is 19.0 Å². The van der Waals surface area contributed by atoms with Crippen LogP contribution in [0.1, 0.15) is 5.56 Å². The van der Waals surface area contributed by atoms with Crippen LogP contribution in [0.3, 0.4) is 0 Å². The molecule has 1 aromatic rings. The summed E-state index contributed by atoms with van der Waals surface area (Å²) in [6.07, 6.45) is 0. The van der Waals surface area contributed by atoms with Gasteiger partial charge in [-0.05, 0) is 12.1 Å². The third-order valence-electron chi connectivity index (χ3n) is 1.32. The standard InChI is InChI=1S/C7H7Cl2NO.ClH/c8-6-2-1-3-7(9)5(6)4-10-11;/h1-3,10-11H,4H2;1H. The molecular weight excluding hydrogens is 220 g/mol. The molecule has 0 aliphatic heterocycles. The zero-order chi connectivity index (χ0) is 8.27. The van der Waals surface area contributed by atoms with Gasteiger partial charge >= 0.3 is 0 Å². The van der Waals surface area contributed by atoms with Gasteiger partial charge in [0.15, 0.2) is 0 Å². The fourth-order valence-corrected chi connectivity index (χ4v) is 1.31. The summed E-state index contributed by atoms with van der Waals surface area (Å²) in [6.45, 7) is 0.262. The quantitative estimate of drug-likeness (QED) is 0.763. The van der Waals surface area contributed by atoms with Crippen LogP contribution in [0, 0.1) is 0 Å². The predicted molar refractivity (Wildman–Crippen MR) is 52.3 cm³/mol. The Hall–Kier alpha value is 0.01000. The molecule has 2 nitrogen and oxygen atoms in total. The van der Waals surface area contributed by atoms with Crippen molar-refractivity contribution >= 4 is 35.6 Å². The lowest BCUT2D eigenvalue weighted by Crippen LogP contribution is -2.06. The van der Waals surface area contributed by atoms with Gasteiger partial charge in [-0.15, -0.1) is 12.4 Å². The Labute approximate surface area is 86.9 Å². The molecule has 0 fully saturated rings. The summed E-state index contributed by atoms with van der Waals surface area (Å²) in [6, 6.07) is 5.20. The second-order valence-electron chi connectivity index (χ2n) is 2.04. The molecule has 0 atom stereocenters. The highest BCUT2D eigenvalue weighted by Crippen LogP contribution is 2.23. The molecule has 1 aromatic carbocycles. The highest BCUT2D eigenvalue weighted by molar-refractivity contribution is 6.35. The molecule has 0 bridgehead atoms. The van der Waals surface area contributed by atoms with Crippen LogP contribution in [-0.4, -0.2) is 5.21 Å². The molecule has 0 amide bonds. The van der Waals surface area contributed by atoms with E-state index in [1.54, 1.807) is 18.2 Å². The Morgan fingerprint density at radius 2 is 1.75 bits per heavy atom. The van der Waals surface area contributed by atoms with Crippen molar-refractivity contribution in [2.75, 3.05) is 0 Å². The molecule has 12 heavy (non-hydrogen) atoms. The first-order chi connectivity index (χ1) is 5.25. The van der Waals surface area contributed by atoms with Gasteiger partial charge in [0.25, 0.3) is 0 Å². The molecule has 0 radical (unpaired) electrons. The normalized spacial score (nSPS) is 9.25. The molecule has 0 saturated heterocycles. The average molecular weight is 229 g/mol. The van der Waals surface area contributed by atoms with Crippen LogP contribution in [0.15, 0.2) is 18.2 Å². The fraction of sp³-hybridized carbons (Fsp3) is 0.143. The van der Waals surface area contributed by atoms with E-state index < -0.39 is 0 Å². The van der Waals surface area contributed by atoms with Crippen LogP contribution in [0.5, 0.6) is 0 Å². The van der Waals surface area contributed by atoms with Crippen LogP contribution in [0.4, 0.5) is 0 Å². The van der Waals surface area contributed by atoms with Crippen LogP contribution in [0.2, 0.25) is 10.0 Å². The molecule has 0 heterocycles. The molecule has 2 N–H and O–H groups in total. The van der Waals surface area contributed by atoms with Gasteiger partial charge in [-0.25, -0.2) is 5.48 Å². The highest BCUT2D eigenvalue weighted by Gasteiger charge is 2.02. The highest BCUT2D eigenvalue weighted by atomic mass is 35.5. The van der Waals surface area contributed by atoms with Gasteiger partial charge < -0.3 is 5.21 Å². The molecule has 0 spiro atoms. The van der Waals surface area contributed by atoms with E-state index >= 15 is 0 Å². The van der Waals surface area contributed by atoms with Crippen molar-refractivity contribution in [2.45, 2.75) is 6.54 Å². The van der Waals surface area contributed by atoms with Gasteiger partial charge in [0.2, 0.25) is 0 Å². The maximum absolute atomic E-state index is 8.40. The van der Waals surface area contributed by atoms with E-state index in [2.05, 4.69) is 0 Å². The van der Waals surface area contributed by atoms with E-state index in [1.165, 1.54) is 0 Å². The van der Waals surface area contributed by atoms with Gasteiger partial charge in [-0.1, -0.05) is 29.3 Å². The monoisotopic (exact) mass is 227 g/mol. The minimum atomic E-state index is 0. The summed E-state index contributed by atoms with van der Waals surface area (Å²) >= 11 is 11.5. The molecule has 0 unspecified atom stereocenters. The van der Waals surface area contributed by atoms with Crippen molar-refractivity contribution in [3.8, 4) is 0 Å². The summed E-state index contributed by atoms with van der Waals surface area (Å²) in [5, 5.41) is 9.51. The number of hydroxylamine groups is 1. The van der Waals surface area contributed by atoms with Crippen LogP contribution >= 0.6 is 35.6 Å². The van der Waals surface area contributed by atoms with E-state index in [0.717, 1.165) is 0 Å². The number of benzene rings is 1. The summed E-state index contributed by atoms with van der Waals surface area (Å²) in [4.78, 5) is 0. The first-order valence-electron chi connectivity index (χ1n) is 3.05. The Balaban J connectivity index is 0.00000121. The number of hydrogen-bond acceptors (Lipinski definition) is 2. The Morgan fingerprint density at radius 1 is 1.25 bits per heavy atom.